The highest BCUT2D eigenvalue weighted by Gasteiger charge is 2.24. The summed E-state index contributed by atoms with van der Waals surface area (Å²) in [5.74, 6) is -1.34. The maximum atomic E-state index is 14.6. The number of imidazole rings is 1. The highest BCUT2D eigenvalue weighted by atomic mass is 79.9. The molecule has 8 heteroatoms. The maximum Gasteiger partial charge on any atom is 0.139 e. The van der Waals surface area contributed by atoms with Crippen molar-refractivity contribution in [3.05, 3.63) is 57.3 Å². The van der Waals surface area contributed by atoms with Gasteiger partial charge in [0.15, 0.2) is 0 Å². The molecule has 4 nitrogen and oxygen atoms in total. The average molecular weight is 443 g/mol. The average Bonchev–Trinajstić information content (AvgIpc) is 2.92. The predicted molar refractivity (Wildman–Crippen MR) is 99.6 cm³/mol. The van der Waals surface area contributed by atoms with Gasteiger partial charge in [0.05, 0.1) is 29.7 Å². The zero-order valence-corrected chi connectivity index (χ0v) is 15.9. The maximum absolute atomic E-state index is 14.6. The van der Waals surface area contributed by atoms with E-state index in [9.17, 15) is 8.78 Å². The van der Waals surface area contributed by atoms with Gasteiger partial charge in [-0.2, -0.15) is 0 Å². The second-order valence-electron chi connectivity index (χ2n) is 6.13. The fourth-order valence-electron chi connectivity index (χ4n) is 3.20. The molecule has 0 radical (unpaired) electrons. The molecule has 2 aromatic heterocycles. The van der Waals surface area contributed by atoms with Crippen molar-refractivity contribution < 1.29 is 13.5 Å². The van der Waals surface area contributed by atoms with E-state index in [0.717, 1.165) is 6.54 Å². The number of ether oxygens (including phenoxy) is 1. The minimum atomic E-state index is -0.671. The molecule has 1 aromatic carbocycles. The van der Waals surface area contributed by atoms with Crippen LogP contribution in [-0.4, -0.2) is 35.2 Å². The van der Waals surface area contributed by atoms with Gasteiger partial charge in [-0.15, -0.1) is 0 Å². The van der Waals surface area contributed by atoms with E-state index in [2.05, 4.69) is 26.2 Å². The number of pyridine rings is 1. The van der Waals surface area contributed by atoms with Crippen LogP contribution in [0.5, 0.6) is 0 Å². The van der Waals surface area contributed by atoms with Crippen molar-refractivity contribution in [1.29, 1.82) is 0 Å². The molecule has 26 heavy (non-hydrogen) atoms. The Labute approximate surface area is 162 Å². The number of fused-ring (bicyclic) bond motifs is 1. The minimum absolute atomic E-state index is 0.0975. The van der Waals surface area contributed by atoms with Crippen LogP contribution in [0, 0.1) is 11.6 Å². The lowest BCUT2D eigenvalue weighted by Crippen LogP contribution is -2.39. The van der Waals surface area contributed by atoms with Gasteiger partial charge in [-0.3, -0.25) is 0 Å². The summed E-state index contributed by atoms with van der Waals surface area (Å²) in [5.41, 5.74) is 1.34. The standard InChI is InChI=1S/C18H15BrClF2N3O/c19-10-5-13(21)17(14(22)6-10)18-15(8-12-9-23-2-4-26-12)25-3-1-11(20)7-16(25)24-18/h1,3,5-7,12,23H,2,4,8-9H2. The molecule has 0 amide bonds. The van der Waals surface area contributed by atoms with E-state index in [1.54, 1.807) is 22.7 Å². The van der Waals surface area contributed by atoms with Crippen molar-refractivity contribution in [2.24, 2.45) is 0 Å². The lowest BCUT2D eigenvalue weighted by Gasteiger charge is -2.24. The van der Waals surface area contributed by atoms with Crippen LogP contribution in [0.2, 0.25) is 5.02 Å². The Morgan fingerprint density at radius 1 is 1.31 bits per heavy atom. The first-order chi connectivity index (χ1) is 12.5. The van der Waals surface area contributed by atoms with Crippen LogP contribution in [0.15, 0.2) is 34.9 Å². The van der Waals surface area contributed by atoms with E-state index in [1.807, 2.05) is 0 Å². The summed E-state index contributed by atoms with van der Waals surface area (Å²) in [6.45, 7) is 2.07. The first-order valence-electron chi connectivity index (χ1n) is 8.16. The molecule has 3 aromatic rings. The predicted octanol–water partition coefficient (Wildman–Crippen LogP) is 4.23. The van der Waals surface area contributed by atoms with Crippen molar-refractivity contribution in [2.45, 2.75) is 12.5 Å². The Morgan fingerprint density at radius 3 is 2.77 bits per heavy atom. The SMILES string of the molecule is Fc1cc(Br)cc(F)c1-c1nc2cc(Cl)ccn2c1CC1CNCCO1. The molecule has 3 heterocycles. The van der Waals surface area contributed by atoms with Crippen LogP contribution < -0.4 is 5.32 Å². The van der Waals surface area contributed by atoms with Crippen molar-refractivity contribution in [2.75, 3.05) is 19.7 Å². The summed E-state index contributed by atoms with van der Waals surface area (Å²) >= 11 is 9.17. The van der Waals surface area contributed by atoms with Crippen LogP contribution >= 0.6 is 27.5 Å². The smallest absolute Gasteiger partial charge is 0.139 e. The van der Waals surface area contributed by atoms with E-state index >= 15 is 0 Å². The topological polar surface area (TPSA) is 38.6 Å². The lowest BCUT2D eigenvalue weighted by molar-refractivity contribution is 0.0286. The zero-order chi connectivity index (χ0) is 18.3. The lowest BCUT2D eigenvalue weighted by atomic mass is 10.0. The molecule has 136 valence electrons. The van der Waals surface area contributed by atoms with Gasteiger partial charge in [0.2, 0.25) is 0 Å². The van der Waals surface area contributed by atoms with Gasteiger partial charge in [-0.25, -0.2) is 13.8 Å². The highest BCUT2D eigenvalue weighted by Crippen LogP contribution is 2.33. The fourth-order valence-corrected chi connectivity index (χ4v) is 3.76. The van der Waals surface area contributed by atoms with Crippen LogP contribution in [0.4, 0.5) is 8.78 Å². The number of hydrogen-bond donors (Lipinski definition) is 1. The van der Waals surface area contributed by atoms with Gasteiger partial charge in [-0.05, 0) is 18.2 Å². The van der Waals surface area contributed by atoms with E-state index in [1.165, 1.54) is 12.1 Å². The molecule has 0 saturated carbocycles. The normalized spacial score (nSPS) is 17.8. The number of aromatic nitrogens is 2. The quantitative estimate of drug-likeness (QED) is 0.660. The Hall–Kier alpha value is -1.54. The van der Waals surface area contributed by atoms with Gasteiger partial charge in [0.1, 0.15) is 17.3 Å². The monoisotopic (exact) mass is 441 g/mol. The van der Waals surface area contributed by atoms with E-state index < -0.39 is 11.6 Å². The molecule has 1 aliphatic rings. The van der Waals surface area contributed by atoms with Crippen molar-refractivity contribution in [3.8, 4) is 11.3 Å². The van der Waals surface area contributed by atoms with E-state index in [0.29, 0.717) is 40.4 Å². The van der Waals surface area contributed by atoms with Gasteiger partial charge < -0.3 is 14.5 Å². The van der Waals surface area contributed by atoms with Crippen LogP contribution in [0.3, 0.4) is 0 Å². The number of hydrogen-bond acceptors (Lipinski definition) is 3. The van der Waals surface area contributed by atoms with Crippen molar-refractivity contribution >= 4 is 33.2 Å². The summed E-state index contributed by atoms with van der Waals surface area (Å²) in [6.07, 6.45) is 2.13. The molecule has 1 saturated heterocycles. The Morgan fingerprint density at radius 2 is 2.08 bits per heavy atom. The number of nitrogens with zero attached hydrogens (tertiary/aromatic N) is 2. The number of rotatable bonds is 3. The molecule has 0 bridgehead atoms. The van der Waals surface area contributed by atoms with Gasteiger partial charge >= 0.3 is 0 Å². The fraction of sp³-hybridized carbons (Fsp3) is 0.278. The Kier molecular flexibility index (Phi) is 4.96. The number of nitrogens with one attached hydrogen (secondary N) is 1. The molecular formula is C18H15BrClF2N3O. The summed E-state index contributed by atoms with van der Waals surface area (Å²) < 4.78 is 37.1. The second kappa shape index (κ2) is 7.23. The molecule has 1 unspecified atom stereocenters. The van der Waals surface area contributed by atoms with Gasteiger partial charge in [0.25, 0.3) is 0 Å². The number of halogens is 4. The third-order valence-corrected chi connectivity index (χ3v) is 5.05. The third kappa shape index (κ3) is 3.36. The summed E-state index contributed by atoms with van der Waals surface area (Å²) in [7, 11) is 0. The highest BCUT2D eigenvalue weighted by molar-refractivity contribution is 9.10. The molecule has 4 rings (SSSR count). The molecule has 1 N–H and O–H groups in total. The first-order valence-corrected chi connectivity index (χ1v) is 9.34. The molecule has 1 atom stereocenters. The van der Waals surface area contributed by atoms with E-state index in [4.69, 9.17) is 16.3 Å². The zero-order valence-electron chi connectivity index (χ0n) is 13.6. The summed E-state index contributed by atoms with van der Waals surface area (Å²) in [5, 5.41) is 3.77. The van der Waals surface area contributed by atoms with Crippen LogP contribution in [-0.2, 0) is 11.2 Å². The Balaban J connectivity index is 1.89. The largest absolute Gasteiger partial charge is 0.375 e. The number of benzene rings is 1. The summed E-state index contributed by atoms with van der Waals surface area (Å²) in [6, 6.07) is 5.86. The van der Waals surface area contributed by atoms with Crippen LogP contribution in [0.25, 0.3) is 16.9 Å². The molecular weight excluding hydrogens is 428 g/mol. The van der Waals surface area contributed by atoms with Crippen molar-refractivity contribution in [1.82, 2.24) is 14.7 Å². The second-order valence-corrected chi connectivity index (χ2v) is 7.48. The number of morpholine rings is 1. The van der Waals surface area contributed by atoms with Gasteiger partial charge in [0, 0.05) is 41.3 Å². The Bertz CT molecular complexity index is 949. The van der Waals surface area contributed by atoms with Gasteiger partial charge in [-0.1, -0.05) is 27.5 Å². The third-order valence-electron chi connectivity index (χ3n) is 4.36. The van der Waals surface area contributed by atoms with E-state index in [-0.39, 0.29) is 17.4 Å². The molecule has 1 aliphatic heterocycles. The minimum Gasteiger partial charge on any atom is -0.375 e. The van der Waals surface area contributed by atoms with Crippen molar-refractivity contribution in [3.63, 3.8) is 0 Å². The summed E-state index contributed by atoms with van der Waals surface area (Å²) in [4.78, 5) is 4.47. The van der Waals surface area contributed by atoms with Crippen LogP contribution in [0.1, 0.15) is 5.69 Å². The molecule has 0 aliphatic carbocycles. The molecule has 1 fully saturated rings. The molecule has 0 spiro atoms. The first kappa shape index (κ1) is 17.9.